The third-order valence-corrected chi connectivity index (χ3v) is 9.55. The van der Waals surface area contributed by atoms with Gasteiger partial charge in [-0.05, 0) is 87.2 Å². The summed E-state index contributed by atoms with van der Waals surface area (Å²) in [6, 6.07) is 4.72. The largest absolute Gasteiger partial charge is 0.355 e. The molecule has 8 rings (SSSR count). The molecule has 6 heterocycles. The van der Waals surface area contributed by atoms with Gasteiger partial charge in [0.1, 0.15) is 34.9 Å². The normalized spacial score (nSPS) is 24.8. The van der Waals surface area contributed by atoms with Crippen LogP contribution in [0.4, 0.5) is 5.82 Å². The Morgan fingerprint density at radius 3 is 2.23 bits per heavy atom. The summed E-state index contributed by atoms with van der Waals surface area (Å²) < 4.78 is 0. The van der Waals surface area contributed by atoms with E-state index in [2.05, 4.69) is 60.0 Å². The van der Waals surface area contributed by atoms with Gasteiger partial charge in [0.2, 0.25) is 0 Å². The number of anilines is 1. The van der Waals surface area contributed by atoms with Gasteiger partial charge in [-0.3, -0.25) is 0 Å². The Morgan fingerprint density at radius 2 is 1.51 bits per heavy atom. The van der Waals surface area contributed by atoms with Crippen LogP contribution in [-0.2, 0) is 0 Å². The Morgan fingerprint density at radius 1 is 0.821 bits per heavy atom. The Balaban J connectivity index is 0.000000117. The highest BCUT2D eigenvalue weighted by Gasteiger charge is 2.45. The highest BCUT2D eigenvalue weighted by atomic mass is 35.5. The zero-order chi connectivity index (χ0) is 26.9. The summed E-state index contributed by atoms with van der Waals surface area (Å²) in [6.07, 6.45) is 19.7. The minimum atomic E-state index is 0.492. The molecular formula is C30H41ClN8. The molecule has 2 atom stereocenters. The maximum atomic E-state index is 5.73. The van der Waals surface area contributed by atoms with Crippen LogP contribution in [0.5, 0.6) is 0 Å². The van der Waals surface area contributed by atoms with Crippen molar-refractivity contribution in [1.29, 1.82) is 0 Å². The second-order valence-corrected chi connectivity index (χ2v) is 12.9. The lowest BCUT2D eigenvalue weighted by Crippen LogP contribution is -2.31. The van der Waals surface area contributed by atoms with E-state index in [0.717, 1.165) is 51.8 Å². The lowest BCUT2D eigenvalue weighted by Gasteiger charge is -2.26. The number of fused-ring (bicyclic) bond motifs is 2. The van der Waals surface area contributed by atoms with Gasteiger partial charge in [0, 0.05) is 38.1 Å². The van der Waals surface area contributed by atoms with E-state index >= 15 is 0 Å². The molecule has 0 bridgehead atoms. The minimum Gasteiger partial charge on any atom is -0.355 e. The predicted molar refractivity (Wildman–Crippen MR) is 158 cm³/mol. The summed E-state index contributed by atoms with van der Waals surface area (Å²) in [7, 11) is 0. The van der Waals surface area contributed by atoms with Crippen molar-refractivity contribution in [2.24, 2.45) is 16.7 Å². The topological polar surface area (TPSA) is 98.4 Å². The molecule has 4 aromatic heterocycles. The van der Waals surface area contributed by atoms with Gasteiger partial charge in [-0.25, -0.2) is 19.9 Å². The van der Waals surface area contributed by atoms with E-state index in [4.69, 9.17) is 11.6 Å². The van der Waals surface area contributed by atoms with Crippen molar-refractivity contribution in [1.82, 2.24) is 35.2 Å². The quantitative estimate of drug-likeness (QED) is 0.234. The molecule has 39 heavy (non-hydrogen) atoms. The molecule has 3 N–H and O–H groups in total. The monoisotopic (exact) mass is 548 g/mol. The molecule has 2 saturated carbocycles. The fourth-order valence-electron chi connectivity index (χ4n) is 6.23. The summed E-state index contributed by atoms with van der Waals surface area (Å²) >= 11 is 5.73. The van der Waals surface area contributed by atoms with Crippen LogP contribution in [0.15, 0.2) is 37.2 Å². The van der Waals surface area contributed by atoms with Crippen LogP contribution < -0.4 is 10.2 Å². The van der Waals surface area contributed by atoms with Gasteiger partial charge in [0.25, 0.3) is 0 Å². The highest BCUT2D eigenvalue weighted by Crippen LogP contribution is 2.53. The van der Waals surface area contributed by atoms with Crippen molar-refractivity contribution in [3.8, 4) is 0 Å². The Kier molecular flexibility index (Phi) is 7.51. The lowest BCUT2D eigenvalue weighted by atomic mass is 9.97. The number of halogens is 1. The predicted octanol–water partition coefficient (Wildman–Crippen LogP) is 6.51. The number of aromatic nitrogens is 6. The molecule has 2 aliphatic carbocycles. The fourth-order valence-corrected chi connectivity index (χ4v) is 6.43. The van der Waals surface area contributed by atoms with E-state index in [1.165, 1.54) is 77.2 Å². The number of nitrogens with one attached hydrogen (secondary N) is 3. The third-order valence-electron chi connectivity index (χ3n) is 9.25. The zero-order valence-electron chi connectivity index (χ0n) is 23.2. The van der Waals surface area contributed by atoms with Crippen molar-refractivity contribution in [3.63, 3.8) is 0 Å². The van der Waals surface area contributed by atoms with Gasteiger partial charge in [-0.15, -0.1) is 0 Å². The van der Waals surface area contributed by atoms with Crippen LogP contribution in [-0.4, -0.2) is 55.6 Å². The van der Waals surface area contributed by atoms with E-state index in [0.29, 0.717) is 10.6 Å². The van der Waals surface area contributed by atoms with Gasteiger partial charge in [-0.1, -0.05) is 24.9 Å². The van der Waals surface area contributed by atoms with Crippen LogP contribution in [0.1, 0.15) is 71.6 Å². The Bertz CT molecular complexity index is 1390. The van der Waals surface area contributed by atoms with Gasteiger partial charge < -0.3 is 20.2 Å². The molecule has 4 aliphatic rings. The number of H-pyrrole nitrogens is 2. The molecule has 8 nitrogen and oxygen atoms in total. The van der Waals surface area contributed by atoms with Crippen molar-refractivity contribution >= 4 is 39.5 Å². The maximum absolute atomic E-state index is 5.73. The van der Waals surface area contributed by atoms with E-state index < -0.39 is 0 Å². The fraction of sp³-hybridized carbons (Fsp3) is 0.600. The first-order valence-corrected chi connectivity index (χ1v) is 15.0. The SMILES string of the molecule is CC1CCC2(CC2)CN(c2ncnc3[nH]ccc23)C1.CC1CCCC2(CC2)CN1.Clc1ncnc2[nH]ccc12. The van der Waals surface area contributed by atoms with E-state index in [1.807, 2.05) is 12.3 Å². The van der Waals surface area contributed by atoms with Gasteiger partial charge in [-0.2, -0.15) is 0 Å². The molecule has 0 radical (unpaired) electrons. The third kappa shape index (κ3) is 6.22. The molecule has 208 valence electrons. The van der Waals surface area contributed by atoms with E-state index in [-0.39, 0.29) is 0 Å². The zero-order valence-corrected chi connectivity index (χ0v) is 24.0. The second-order valence-electron chi connectivity index (χ2n) is 12.5. The van der Waals surface area contributed by atoms with Gasteiger partial charge >= 0.3 is 0 Å². The number of nitrogens with zero attached hydrogens (tertiary/aromatic N) is 5. The minimum absolute atomic E-state index is 0.492. The first kappa shape index (κ1) is 26.5. The standard InChI is InChI=1S/C15H20N4.C9H17N.C6H4ClN3/c1-11-2-4-15(5-6-15)9-19(8-11)14-12-3-7-16-13(12)17-10-18-14;1-8-3-2-4-9(5-6-9)7-10-8;7-5-4-1-2-8-6(4)10-3-9-5/h3,7,10-11H,2,4-6,8-9H2,1H3,(H,16,17,18);8,10H,2-7H2,1H3;1-3H,(H,8,9,10). The molecule has 0 amide bonds. The summed E-state index contributed by atoms with van der Waals surface area (Å²) in [5, 5.41) is 6.11. The molecule has 0 aromatic carbocycles. The molecule has 4 aromatic rings. The summed E-state index contributed by atoms with van der Waals surface area (Å²) in [5.41, 5.74) is 3.11. The van der Waals surface area contributed by atoms with Gasteiger partial charge in [0.05, 0.1) is 10.8 Å². The molecule has 2 saturated heterocycles. The van der Waals surface area contributed by atoms with Crippen LogP contribution in [0, 0.1) is 16.7 Å². The summed E-state index contributed by atoms with van der Waals surface area (Å²) in [5.74, 6) is 1.87. The second kappa shape index (κ2) is 11.0. The highest BCUT2D eigenvalue weighted by molar-refractivity contribution is 6.33. The molecule has 2 spiro atoms. The first-order valence-electron chi connectivity index (χ1n) is 14.6. The number of aromatic amines is 2. The average molecular weight is 549 g/mol. The van der Waals surface area contributed by atoms with Crippen LogP contribution in [0.2, 0.25) is 5.15 Å². The molecule has 2 unspecified atom stereocenters. The van der Waals surface area contributed by atoms with Gasteiger partial charge in [0.15, 0.2) is 0 Å². The summed E-state index contributed by atoms with van der Waals surface area (Å²) in [4.78, 5) is 25.2. The van der Waals surface area contributed by atoms with Crippen LogP contribution >= 0.6 is 11.6 Å². The number of rotatable bonds is 1. The average Bonchev–Trinajstić information content (AvgIpc) is 3.80. The molecular weight excluding hydrogens is 508 g/mol. The summed E-state index contributed by atoms with van der Waals surface area (Å²) in [6.45, 7) is 8.27. The van der Waals surface area contributed by atoms with Crippen molar-refractivity contribution in [2.45, 2.75) is 77.7 Å². The molecule has 2 aliphatic heterocycles. The lowest BCUT2D eigenvalue weighted by molar-refractivity contribution is 0.450. The first-order chi connectivity index (χ1) is 18.9. The number of hydrogen-bond donors (Lipinski definition) is 3. The molecule has 9 heteroatoms. The number of hydrogen-bond acceptors (Lipinski definition) is 6. The molecule has 4 fully saturated rings. The Hall–Kier alpha value is -2.71. The Labute approximate surface area is 235 Å². The maximum Gasteiger partial charge on any atom is 0.142 e. The van der Waals surface area contributed by atoms with Crippen molar-refractivity contribution in [2.75, 3.05) is 24.5 Å². The van der Waals surface area contributed by atoms with E-state index in [9.17, 15) is 0 Å². The van der Waals surface area contributed by atoms with Crippen molar-refractivity contribution < 1.29 is 0 Å². The smallest absolute Gasteiger partial charge is 0.142 e. The van der Waals surface area contributed by atoms with Crippen LogP contribution in [0.3, 0.4) is 0 Å². The van der Waals surface area contributed by atoms with E-state index in [1.54, 1.807) is 12.5 Å². The van der Waals surface area contributed by atoms with Crippen LogP contribution in [0.25, 0.3) is 22.1 Å². The van der Waals surface area contributed by atoms with Crippen molar-refractivity contribution in [3.05, 3.63) is 42.3 Å².